The predicted molar refractivity (Wildman–Crippen MR) is 79.6 cm³/mol. The molecule has 0 saturated heterocycles. The summed E-state index contributed by atoms with van der Waals surface area (Å²) in [5, 5.41) is 2.98. The summed E-state index contributed by atoms with van der Waals surface area (Å²) in [6.45, 7) is 7.24. The zero-order chi connectivity index (χ0) is 14.3. The maximum Gasteiger partial charge on any atom is 0.220 e. The smallest absolute Gasteiger partial charge is 0.220 e. The number of nitrogens with one attached hydrogen (secondary N) is 1. The Balaban J connectivity index is 2.27. The third kappa shape index (κ3) is 5.88. The average molecular weight is 262 g/mol. The zero-order valence-corrected chi connectivity index (χ0v) is 12.2. The number of hydrogen-bond acceptors (Lipinski definition) is 2. The van der Waals surface area contributed by atoms with Gasteiger partial charge in [0.05, 0.1) is 0 Å². The molecule has 0 saturated carbocycles. The molecule has 0 bridgehead atoms. The molecule has 19 heavy (non-hydrogen) atoms. The van der Waals surface area contributed by atoms with Crippen molar-refractivity contribution >= 4 is 5.91 Å². The molecule has 2 atom stereocenters. The molecule has 0 aromatic heterocycles. The summed E-state index contributed by atoms with van der Waals surface area (Å²) >= 11 is 0. The zero-order valence-electron chi connectivity index (χ0n) is 12.2. The molecule has 3 nitrogen and oxygen atoms in total. The molecule has 0 aliphatic heterocycles. The molecule has 0 heterocycles. The van der Waals surface area contributed by atoms with Crippen molar-refractivity contribution in [3.05, 3.63) is 35.9 Å². The van der Waals surface area contributed by atoms with E-state index in [1.54, 1.807) is 0 Å². The van der Waals surface area contributed by atoms with Gasteiger partial charge in [-0.25, -0.2) is 0 Å². The van der Waals surface area contributed by atoms with Crippen molar-refractivity contribution in [1.82, 2.24) is 5.32 Å². The Bertz CT molecular complexity index is 376. The van der Waals surface area contributed by atoms with Crippen molar-refractivity contribution in [2.75, 3.05) is 6.54 Å². The number of amides is 1. The van der Waals surface area contributed by atoms with Crippen LogP contribution in [-0.4, -0.2) is 12.5 Å². The number of hydrogen-bond donors (Lipinski definition) is 2. The molecule has 1 aromatic carbocycles. The minimum absolute atomic E-state index is 0.0607. The van der Waals surface area contributed by atoms with Crippen LogP contribution >= 0.6 is 0 Å². The van der Waals surface area contributed by atoms with Gasteiger partial charge in [0.2, 0.25) is 5.91 Å². The fourth-order valence-electron chi connectivity index (χ4n) is 1.75. The minimum Gasteiger partial charge on any atom is -0.356 e. The summed E-state index contributed by atoms with van der Waals surface area (Å²) in [6, 6.07) is 9.86. The topological polar surface area (TPSA) is 55.1 Å². The van der Waals surface area contributed by atoms with E-state index in [4.69, 9.17) is 5.73 Å². The molecule has 0 spiro atoms. The van der Waals surface area contributed by atoms with Crippen molar-refractivity contribution in [1.29, 1.82) is 0 Å². The van der Waals surface area contributed by atoms with Crippen LogP contribution in [-0.2, 0) is 4.79 Å². The lowest BCUT2D eigenvalue weighted by atomic mass is 9.98. The van der Waals surface area contributed by atoms with Crippen molar-refractivity contribution in [3.8, 4) is 0 Å². The lowest BCUT2D eigenvalue weighted by Gasteiger charge is -2.17. The highest BCUT2D eigenvalue weighted by atomic mass is 16.1. The van der Waals surface area contributed by atoms with Gasteiger partial charge >= 0.3 is 0 Å². The summed E-state index contributed by atoms with van der Waals surface area (Å²) < 4.78 is 0. The predicted octanol–water partition coefficient (Wildman–Crippen LogP) is 2.87. The van der Waals surface area contributed by atoms with E-state index < -0.39 is 0 Å². The van der Waals surface area contributed by atoms with Crippen LogP contribution in [0.1, 0.15) is 45.2 Å². The van der Waals surface area contributed by atoms with Crippen LogP contribution < -0.4 is 11.1 Å². The Hall–Kier alpha value is -1.35. The molecular formula is C16H26N2O. The second-order valence-electron chi connectivity index (χ2n) is 5.58. The van der Waals surface area contributed by atoms with Gasteiger partial charge in [-0.2, -0.15) is 0 Å². The Kier molecular flexibility index (Phi) is 6.57. The molecule has 0 fully saturated rings. The number of benzene rings is 1. The summed E-state index contributed by atoms with van der Waals surface area (Å²) in [7, 11) is 0. The molecule has 3 N–H and O–H groups in total. The second-order valence-corrected chi connectivity index (χ2v) is 5.58. The summed E-state index contributed by atoms with van der Waals surface area (Å²) in [5.41, 5.74) is 7.16. The molecule has 0 radical (unpaired) electrons. The van der Waals surface area contributed by atoms with E-state index in [0.717, 1.165) is 12.1 Å². The first-order chi connectivity index (χ1) is 9.00. The maximum atomic E-state index is 11.7. The first-order valence-electron chi connectivity index (χ1n) is 7.08. The molecule has 0 aliphatic carbocycles. The van der Waals surface area contributed by atoms with E-state index in [1.807, 2.05) is 30.3 Å². The monoisotopic (exact) mass is 262 g/mol. The molecule has 1 rings (SSSR count). The van der Waals surface area contributed by atoms with E-state index in [2.05, 4.69) is 26.1 Å². The van der Waals surface area contributed by atoms with Gasteiger partial charge in [0, 0.05) is 19.0 Å². The van der Waals surface area contributed by atoms with Crippen molar-refractivity contribution < 1.29 is 4.79 Å². The Morgan fingerprint density at radius 1 is 1.21 bits per heavy atom. The van der Waals surface area contributed by atoms with Gasteiger partial charge in [0.15, 0.2) is 0 Å². The lowest BCUT2D eigenvalue weighted by molar-refractivity contribution is -0.121. The summed E-state index contributed by atoms with van der Waals surface area (Å²) in [6.07, 6.45) is 1.17. The summed E-state index contributed by atoms with van der Waals surface area (Å²) in [5.74, 6) is 1.19. The Labute approximate surface area is 116 Å². The van der Waals surface area contributed by atoms with Crippen LogP contribution in [0, 0.1) is 11.8 Å². The molecule has 2 unspecified atom stereocenters. The first-order valence-corrected chi connectivity index (χ1v) is 7.08. The number of nitrogens with two attached hydrogens (primary N) is 1. The van der Waals surface area contributed by atoms with E-state index in [9.17, 15) is 4.79 Å². The quantitative estimate of drug-likeness (QED) is 0.794. The van der Waals surface area contributed by atoms with E-state index in [-0.39, 0.29) is 11.9 Å². The first kappa shape index (κ1) is 15.7. The highest BCUT2D eigenvalue weighted by Gasteiger charge is 2.11. The van der Waals surface area contributed by atoms with Crippen molar-refractivity contribution in [3.63, 3.8) is 0 Å². The molecule has 0 aliphatic rings. The largest absolute Gasteiger partial charge is 0.356 e. The Morgan fingerprint density at radius 2 is 1.84 bits per heavy atom. The number of carbonyl (C=O) groups excluding carboxylic acids is 1. The van der Waals surface area contributed by atoms with Gasteiger partial charge in [-0.1, -0.05) is 51.1 Å². The summed E-state index contributed by atoms with van der Waals surface area (Å²) in [4.78, 5) is 11.7. The van der Waals surface area contributed by atoms with Gasteiger partial charge in [0.25, 0.3) is 0 Å². The van der Waals surface area contributed by atoms with Gasteiger partial charge in [0.1, 0.15) is 0 Å². The van der Waals surface area contributed by atoms with Crippen molar-refractivity contribution in [2.45, 2.75) is 39.7 Å². The van der Waals surface area contributed by atoms with Crippen LogP contribution in [0.3, 0.4) is 0 Å². The van der Waals surface area contributed by atoms with Crippen LogP contribution in [0.4, 0.5) is 0 Å². The maximum absolute atomic E-state index is 11.7. The van der Waals surface area contributed by atoms with Crippen LogP contribution in [0.2, 0.25) is 0 Å². The third-order valence-electron chi connectivity index (χ3n) is 3.67. The van der Waals surface area contributed by atoms with Crippen LogP contribution in [0.5, 0.6) is 0 Å². The normalized spacial score (nSPS) is 14.2. The number of carbonyl (C=O) groups is 1. The fraction of sp³-hybridized carbons (Fsp3) is 0.562. The highest BCUT2D eigenvalue weighted by Crippen LogP contribution is 2.15. The SMILES string of the molecule is CC(C)C(C)CNC(=O)CCC(N)c1ccccc1. The minimum atomic E-state index is -0.0607. The van der Waals surface area contributed by atoms with Gasteiger partial charge in [-0.15, -0.1) is 0 Å². The average Bonchev–Trinajstić information content (AvgIpc) is 2.42. The second kappa shape index (κ2) is 7.95. The molecular weight excluding hydrogens is 236 g/mol. The van der Waals surface area contributed by atoms with E-state index in [1.165, 1.54) is 0 Å². The number of rotatable bonds is 7. The van der Waals surface area contributed by atoms with Crippen LogP contribution in [0.15, 0.2) is 30.3 Å². The van der Waals surface area contributed by atoms with Gasteiger partial charge in [-0.05, 0) is 23.8 Å². The van der Waals surface area contributed by atoms with E-state index >= 15 is 0 Å². The van der Waals surface area contributed by atoms with E-state index in [0.29, 0.717) is 24.7 Å². The van der Waals surface area contributed by atoms with Gasteiger partial charge in [-0.3, -0.25) is 4.79 Å². The molecule has 1 aromatic rings. The lowest BCUT2D eigenvalue weighted by Crippen LogP contribution is -2.30. The fourth-order valence-corrected chi connectivity index (χ4v) is 1.75. The third-order valence-corrected chi connectivity index (χ3v) is 3.67. The van der Waals surface area contributed by atoms with Crippen molar-refractivity contribution in [2.24, 2.45) is 17.6 Å². The molecule has 106 valence electrons. The Morgan fingerprint density at radius 3 is 2.42 bits per heavy atom. The highest BCUT2D eigenvalue weighted by molar-refractivity contribution is 5.75. The molecule has 1 amide bonds. The molecule has 3 heteroatoms. The standard InChI is InChI=1S/C16H26N2O/c1-12(2)13(3)11-18-16(19)10-9-15(17)14-7-5-4-6-8-14/h4-8,12-13,15H,9-11,17H2,1-3H3,(H,18,19). The van der Waals surface area contributed by atoms with Crippen LogP contribution in [0.25, 0.3) is 0 Å². The van der Waals surface area contributed by atoms with Gasteiger partial charge < -0.3 is 11.1 Å².